The molecule has 0 unspecified atom stereocenters. The molecule has 2 aromatic carbocycles. The second kappa shape index (κ2) is 11.8. The molecule has 9 nitrogen and oxygen atoms in total. The van der Waals surface area contributed by atoms with Crippen LogP contribution >= 0.6 is 0 Å². The van der Waals surface area contributed by atoms with E-state index in [0.29, 0.717) is 55.8 Å². The zero-order valence-electron chi connectivity index (χ0n) is 26.6. The number of halogens is 6. The molecule has 2 N–H and O–H groups in total. The fourth-order valence-electron chi connectivity index (χ4n) is 8.49. The van der Waals surface area contributed by atoms with Gasteiger partial charge < -0.3 is 24.8 Å². The van der Waals surface area contributed by atoms with Crippen LogP contribution in [0.25, 0.3) is 32.9 Å². The maximum absolute atomic E-state index is 17.1. The predicted molar refractivity (Wildman–Crippen MR) is 169 cm³/mol. The Bertz CT molecular complexity index is 1960. The van der Waals surface area contributed by atoms with Crippen LogP contribution in [0.4, 0.5) is 32.2 Å². The molecule has 4 atom stereocenters. The Hall–Kier alpha value is -4.11. The summed E-state index contributed by atoms with van der Waals surface area (Å²) in [7, 11) is 0. The number of aryl methyl sites for hydroxylation is 1. The largest absolute Gasteiger partial charge is 0.573 e. The molecule has 3 fully saturated rings. The smallest absolute Gasteiger partial charge is 0.508 e. The normalized spacial score (nSPS) is 25.4. The number of aromatic nitrogens is 3. The Kier molecular flexibility index (Phi) is 7.70. The van der Waals surface area contributed by atoms with Crippen LogP contribution in [0.1, 0.15) is 44.7 Å². The van der Waals surface area contributed by atoms with Crippen molar-refractivity contribution >= 4 is 27.5 Å². The number of hydrogen-bond donors (Lipinski definition) is 2. The van der Waals surface area contributed by atoms with Gasteiger partial charge in [-0.25, -0.2) is 18.2 Å². The van der Waals surface area contributed by atoms with Crippen molar-refractivity contribution in [1.29, 1.82) is 0 Å². The number of pyridine rings is 1. The number of ether oxygens (including phenoxy) is 2. The third kappa shape index (κ3) is 5.45. The van der Waals surface area contributed by atoms with E-state index in [1.807, 2.05) is 0 Å². The van der Waals surface area contributed by atoms with Crippen molar-refractivity contribution in [3.63, 3.8) is 0 Å². The number of piperazine rings is 1. The van der Waals surface area contributed by atoms with Crippen molar-refractivity contribution < 1.29 is 40.9 Å². The molecule has 260 valence electrons. The van der Waals surface area contributed by atoms with Crippen LogP contribution in [0.5, 0.6) is 17.5 Å². The minimum absolute atomic E-state index is 0.0210. The van der Waals surface area contributed by atoms with Gasteiger partial charge in [0.15, 0.2) is 17.4 Å². The molecule has 4 aliphatic heterocycles. The zero-order chi connectivity index (χ0) is 34.2. The number of rotatable bonds is 6. The number of nitrogens with one attached hydrogen (secondary N) is 1. The highest BCUT2D eigenvalue weighted by Crippen LogP contribution is 2.45. The van der Waals surface area contributed by atoms with E-state index in [0.717, 1.165) is 44.0 Å². The Labute approximate surface area is 277 Å². The standard InChI is InChI=1S/C34H34F6N6O3/c1-2-22-24-7-6-23-26-29(27(37)28(42-23)20-13-19(47)12-17-4-5-21(36)30(25(17)20)49-34(38,39)40)43-32(44-31(26)46(24)11-9-41-22)48-16-33-8-3-10-45(33)15-18(35)14-33/h4-5,12-13,18,22,24,41,47H,2-3,6-11,14-16H2,1H3/t18-,22+,24-,33+/m1/s1. The van der Waals surface area contributed by atoms with Crippen LogP contribution in [0.15, 0.2) is 24.3 Å². The SMILES string of the molecule is CC[C@@H]1NCCN2c3nc(OC[C@@]45CCCN4C[C@H](F)C5)nc4c(F)c(-c5cc(O)cc6ccc(F)c(OC(F)(F)F)c56)nc(c34)CC[C@H]12. The third-order valence-corrected chi connectivity index (χ3v) is 10.5. The molecule has 0 saturated carbocycles. The average molecular weight is 689 g/mol. The van der Waals surface area contributed by atoms with E-state index in [9.17, 15) is 22.7 Å². The van der Waals surface area contributed by atoms with E-state index < -0.39 is 52.3 Å². The minimum Gasteiger partial charge on any atom is -0.508 e. The fraction of sp³-hybridized carbons (Fsp3) is 0.500. The third-order valence-electron chi connectivity index (χ3n) is 10.5. The van der Waals surface area contributed by atoms with Crippen LogP contribution < -0.4 is 19.7 Å². The maximum Gasteiger partial charge on any atom is 0.573 e. The number of aromatic hydroxyl groups is 1. The summed E-state index contributed by atoms with van der Waals surface area (Å²) in [6, 6.07) is 4.05. The highest BCUT2D eigenvalue weighted by molar-refractivity contribution is 6.04. The summed E-state index contributed by atoms with van der Waals surface area (Å²) in [5, 5.41) is 14.1. The van der Waals surface area contributed by atoms with Crippen molar-refractivity contribution in [2.45, 2.75) is 75.6 Å². The van der Waals surface area contributed by atoms with Gasteiger partial charge in [0.2, 0.25) is 0 Å². The van der Waals surface area contributed by atoms with Gasteiger partial charge in [0.25, 0.3) is 0 Å². The van der Waals surface area contributed by atoms with Gasteiger partial charge in [-0.3, -0.25) is 4.90 Å². The summed E-state index contributed by atoms with van der Waals surface area (Å²) in [6.45, 7) is 4.45. The molecule has 0 amide bonds. The van der Waals surface area contributed by atoms with E-state index in [4.69, 9.17) is 9.72 Å². The summed E-state index contributed by atoms with van der Waals surface area (Å²) in [5.74, 6) is -3.47. The molecule has 4 aromatic rings. The Morgan fingerprint density at radius 3 is 2.73 bits per heavy atom. The molecule has 8 rings (SSSR count). The minimum atomic E-state index is -5.26. The van der Waals surface area contributed by atoms with Crippen LogP contribution in [0.2, 0.25) is 0 Å². The molecular weight excluding hydrogens is 654 g/mol. The Morgan fingerprint density at radius 2 is 1.94 bits per heavy atom. The van der Waals surface area contributed by atoms with E-state index in [1.54, 1.807) is 0 Å². The lowest BCUT2D eigenvalue weighted by Crippen LogP contribution is -2.58. The molecule has 15 heteroatoms. The first-order valence-electron chi connectivity index (χ1n) is 16.6. The summed E-state index contributed by atoms with van der Waals surface area (Å²) in [4.78, 5) is 18.2. The Balaban J connectivity index is 1.33. The predicted octanol–water partition coefficient (Wildman–Crippen LogP) is 6.19. The number of fused-ring (bicyclic) bond motifs is 4. The van der Waals surface area contributed by atoms with Gasteiger partial charge in [-0.1, -0.05) is 13.0 Å². The van der Waals surface area contributed by atoms with Gasteiger partial charge in [-0.2, -0.15) is 9.97 Å². The van der Waals surface area contributed by atoms with Gasteiger partial charge >= 0.3 is 12.4 Å². The van der Waals surface area contributed by atoms with Gasteiger partial charge in [-0.15, -0.1) is 13.2 Å². The molecule has 0 radical (unpaired) electrons. The first-order valence-corrected chi connectivity index (χ1v) is 16.6. The van der Waals surface area contributed by atoms with E-state index in [1.165, 1.54) is 6.07 Å². The number of phenols is 1. The lowest BCUT2D eigenvalue weighted by Gasteiger charge is -2.42. The number of hydrogen-bond acceptors (Lipinski definition) is 9. The lowest BCUT2D eigenvalue weighted by atomic mass is 9.95. The molecule has 0 spiro atoms. The summed E-state index contributed by atoms with van der Waals surface area (Å²) >= 11 is 0. The van der Waals surface area contributed by atoms with Crippen LogP contribution in [-0.4, -0.2) is 87.9 Å². The second-order valence-corrected chi connectivity index (χ2v) is 13.4. The molecule has 6 heterocycles. The number of anilines is 1. The van der Waals surface area contributed by atoms with E-state index in [-0.39, 0.29) is 41.2 Å². The highest BCUT2D eigenvalue weighted by Gasteiger charge is 2.49. The summed E-state index contributed by atoms with van der Waals surface area (Å²) < 4.78 is 97.5. The highest BCUT2D eigenvalue weighted by atomic mass is 19.4. The van der Waals surface area contributed by atoms with E-state index in [2.05, 4.69) is 36.7 Å². The van der Waals surface area contributed by atoms with Gasteiger partial charge in [-0.05, 0) is 62.2 Å². The summed E-state index contributed by atoms with van der Waals surface area (Å²) in [5.41, 5.74) is -1.03. The molecule has 49 heavy (non-hydrogen) atoms. The average Bonchev–Trinajstić information content (AvgIpc) is 3.53. The number of benzene rings is 2. The van der Waals surface area contributed by atoms with Crippen molar-refractivity contribution in [3.05, 3.63) is 41.6 Å². The topological polar surface area (TPSA) is 95.9 Å². The van der Waals surface area contributed by atoms with Crippen molar-refractivity contribution in [2.75, 3.05) is 37.7 Å². The first kappa shape index (κ1) is 32.1. The number of alkyl halides is 4. The molecular formula is C34H34F6N6O3. The fourth-order valence-corrected chi connectivity index (χ4v) is 8.49. The molecule has 0 bridgehead atoms. The lowest BCUT2D eigenvalue weighted by molar-refractivity contribution is -0.275. The van der Waals surface area contributed by atoms with Crippen LogP contribution in [0.3, 0.4) is 0 Å². The molecule has 3 saturated heterocycles. The van der Waals surface area contributed by atoms with E-state index >= 15 is 8.78 Å². The monoisotopic (exact) mass is 688 g/mol. The van der Waals surface area contributed by atoms with Crippen molar-refractivity contribution in [3.8, 4) is 28.8 Å². The van der Waals surface area contributed by atoms with Gasteiger partial charge in [0.1, 0.15) is 35.6 Å². The first-order chi connectivity index (χ1) is 23.4. The quantitative estimate of drug-likeness (QED) is 0.230. The second-order valence-electron chi connectivity index (χ2n) is 13.4. The number of phenolic OH excluding ortho intramolecular Hbond substituents is 1. The maximum atomic E-state index is 17.1. The van der Waals surface area contributed by atoms with Gasteiger partial charge in [0, 0.05) is 49.1 Å². The van der Waals surface area contributed by atoms with Crippen molar-refractivity contribution in [2.24, 2.45) is 0 Å². The van der Waals surface area contributed by atoms with Crippen molar-refractivity contribution in [1.82, 2.24) is 25.2 Å². The molecule has 0 aliphatic carbocycles. The Morgan fingerprint density at radius 1 is 1.10 bits per heavy atom. The molecule has 2 aromatic heterocycles. The summed E-state index contributed by atoms with van der Waals surface area (Å²) in [6.07, 6.45) is -2.54. The number of nitrogens with zero attached hydrogens (tertiary/aromatic N) is 5. The van der Waals surface area contributed by atoms with Gasteiger partial charge in [0.05, 0.1) is 16.6 Å². The molecule has 4 aliphatic rings. The zero-order valence-corrected chi connectivity index (χ0v) is 26.6. The van der Waals surface area contributed by atoms with Crippen LogP contribution in [0, 0.1) is 11.6 Å². The van der Waals surface area contributed by atoms with Crippen LogP contribution in [-0.2, 0) is 6.42 Å².